The number of carbonyl (C=O) groups is 1. The fourth-order valence-corrected chi connectivity index (χ4v) is 2.80. The highest BCUT2D eigenvalue weighted by molar-refractivity contribution is 5.94. The van der Waals surface area contributed by atoms with Gasteiger partial charge in [0.1, 0.15) is 0 Å². The SMILES string of the molecule is CC(C)(C)c1ccc(C(=O)NCCc2ccc3[nH]ccc3c2)cc1. The molecule has 124 valence electrons. The van der Waals surface area contributed by atoms with Gasteiger partial charge in [-0.15, -0.1) is 0 Å². The van der Waals surface area contributed by atoms with Crippen LogP contribution in [0, 0.1) is 0 Å². The summed E-state index contributed by atoms with van der Waals surface area (Å²) in [5, 5.41) is 4.21. The molecular formula is C21H24N2O. The third kappa shape index (κ3) is 3.67. The Balaban J connectivity index is 1.57. The highest BCUT2D eigenvalue weighted by Gasteiger charge is 2.14. The molecule has 0 radical (unpaired) electrons. The van der Waals surface area contributed by atoms with Gasteiger partial charge in [0, 0.05) is 23.8 Å². The number of aromatic amines is 1. The third-order valence-corrected chi connectivity index (χ3v) is 4.33. The average molecular weight is 320 g/mol. The third-order valence-electron chi connectivity index (χ3n) is 4.33. The number of carbonyl (C=O) groups excluding carboxylic acids is 1. The number of hydrogen-bond donors (Lipinski definition) is 2. The fourth-order valence-electron chi connectivity index (χ4n) is 2.80. The van der Waals surface area contributed by atoms with Crippen molar-refractivity contribution in [3.63, 3.8) is 0 Å². The van der Waals surface area contributed by atoms with E-state index < -0.39 is 0 Å². The number of rotatable bonds is 4. The summed E-state index contributed by atoms with van der Waals surface area (Å²) in [4.78, 5) is 15.4. The van der Waals surface area contributed by atoms with E-state index in [2.05, 4.69) is 55.3 Å². The van der Waals surface area contributed by atoms with Crippen LogP contribution in [0.2, 0.25) is 0 Å². The molecule has 0 saturated heterocycles. The molecule has 1 heterocycles. The summed E-state index contributed by atoms with van der Waals surface area (Å²) < 4.78 is 0. The minimum Gasteiger partial charge on any atom is -0.361 e. The van der Waals surface area contributed by atoms with Crippen LogP contribution < -0.4 is 5.32 Å². The molecule has 0 aliphatic rings. The van der Waals surface area contributed by atoms with E-state index >= 15 is 0 Å². The Kier molecular flexibility index (Phi) is 4.43. The minimum absolute atomic E-state index is 0.0156. The number of nitrogens with one attached hydrogen (secondary N) is 2. The Morgan fingerprint density at radius 3 is 2.50 bits per heavy atom. The summed E-state index contributed by atoms with van der Waals surface area (Å²) in [6, 6.07) is 16.3. The van der Waals surface area contributed by atoms with Gasteiger partial charge in [-0.3, -0.25) is 4.79 Å². The average Bonchev–Trinajstić information content (AvgIpc) is 3.02. The van der Waals surface area contributed by atoms with Crippen LogP contribution in [0.5, 0.6) is 0 Å². The van der Waals surface area contributed by atoms with Gasteiger partial charge >= 0.3 is 0 Å². The van der Waals surface area contributed by atoms with Crippen LogP contribution in [0.4, 0.5) is 0 Å². The van der Waals surface area contributed by atoms with E-state index in [1.165, 1.54) is 16.5 Å². The van der Waals surface area contributed by atoms with Crippen molar-refractivity contribution in [1.29, 1.82) is 0 Å². The first-order valence-corrected chi connectivity index (χ1v) is 8.38. The van der Waals surface area contributed by atoms with Crippen LogP contribution in [0.15, 0.2) is 54.7 Å². The molecule has 24 heavy (non-hydrogen) atoms. The lowest BCUT2D eigenvalue weighted by molar-refractivity contribution is 0.0954. The maximum Gasteiger partial charge on any atom is 0.251 e. The Bertz CT molecular complexity index is 838. The van der Waals surface area contributed by atoms with Crippen molar-refractivity contribution in [1.82, 2.24) is 10.3 Å². The second kappa shape index (κ2) is 6.52. The van der Waals surface area contributed by atoms with E-state index in [1.807, 2.05) is 30.5 Å². The number of fused-ring (bicyclic) bond motifs is 1. The summed E-state index contributed by atoms with van der Waals surface area (Å²) in [7, 11) is 0. The van der Waals surface area contributed by atoms with Gasteiger partial charge in [0.25, 0.3) is 5.91 Å². The molecule has 2 aromatic carbocycles. The van der Waals surface area contributed by atoms with Gasteiger partial charge in [-0.25, -0.2) is 0 Å². The highest BCUT2D eigenvalue weighted by Crippen LogP contribution is 2.22. The van der Waals surface area contributed by atoms with Gasteiger partial charge in [-0.05, 0) is 58.7 Å². The lowest BCUT2D eigenvalue weighted by Crippen LogP contribution is -2.25. The summed E-state index contributed by atoms with van der Waals surface area (Å²) in [6.45, 7) is 7.14. The maximum atomic E-state index is 12.3. The Hall–Kier alpha value is -2.55. The lowest BCUT2D eigenvalue weighted by Gasteiger charge is -2.19. The van der Waals surface area contributed by atoms with Crippen LogP contribution in [0.25, 0.3) is 10.9 Å². The van der Waals surface area contributed by atoms with Gasteiger partial charge in [-0.1, -0.05) is 39.0 Å². The molecule has 0 bridgehead atoms. The monoisotopic (exact) mass is 320 g/mol. The fraction of sp³-hybridized carbons (Fsp3) is 0.286. The quantitative estimate of drug-likeness (QED) is 0.733. The molecular weight excluding hydrogens is 296 g/mol. The van der Waals surface area contributed by atoms with Crippen molar-refractivity contribution in [3.8, 4) is 0 Å². The molecule has 0 unspecified atom stereocenters. The standard InChI is InChI=1S/C21H24N2O/c1-21(2,3)18-7-5-16(6-8-18)20(24)23-12-10-15-4-9-19-17(14-15)11-13-22-19/h4-9,11,13-14,22H,10,12H2,1-3H3,(H,23,24). The second-order valence-electron chi connectivity index (χ2n) is 7.23. The van der Waals surface area contributed by atoms with Crippen LogP contribution in [0.1, 0.15) is 42.3 Å². The van der Waals surface area contributed by atoms with Crippen molar-refractivity contribution in [2.75, 3.05) is 6.54 Å². The smallest absolute Gasteiger partial charge is 0.251 e. The number of aromatic nitrogens is 1. The molecule has 3 rings (SSSR count). The minimum atomic E-state index is -0.0156. The molecule has 0 aliphatic carbocycles. The molecule has 0 spiro atoms. The highest BCUT2D eigenvalue weighted by atomic mass is 16.1. The largest absolute Gasteiger partial charge is 0.361 e. The first-order valence-electron chi connectivity index (χ1n) is 8.38. The number of amides is 1. The second-order valence-corrected chi connectivity index (χ2v) is 7.23. The molecule has 1 amide bonds. The summed E-state index contributed by atoms with van der Waals surface area (Å²) >= 11 is 0. The normalized spacial score (nSPS) is 11.6. The van der Waals surface area contributed by atoms with E-state index in [9.17, 15) is 4.79 Å². The van der Waals surface area contributed by atoms with Gasteiger partial charge in [0.15, 0.2) is 0 Å². The van der Waals surface area contributed by atoms with E-state index in [0.29, 0.717) is 12.1 Å². The number of hydrogen-bond acceptors (Lipinski definition) is 1. The van der Waals surface area contributed by atoms with E-state index in [1.54, 1.807) is 0 Å². The van der Waals surface area contributed by atoms with E-state index in [4.69, 9.17) is 0 Å². The van der Waals surface area contributed by atoms with Crippen LogP contribution in [-0.2, 0) is 11.8 Å². The van der Waals surface area contributed by atoms with E-state index in [0.717, 1.165) is 11.9 Å². The summed E-state index contributed by atoms with van der Waals surface area (Å²) in [5.41, 5.74) is 4.42. The van der Waals surface area contributed by atoms with Crippen molar-refractivity contribution in [2.45, 2.75) is 32.6 Å². The Morgan fingerprint density at radius 2 is 1.79 bits per heavy atom. The Morgan fingerprint density at radius 1 is 1.04 bits per heavy atom. The van der Waals surface area contributed by atoms with Gasteiger partial charge in [0.05, 0.1) is 0 Å². The zero-order valence-electron chi connectivity index (χ0n) is 14.5. The predicted molar refractivity (Wildman–Crippen MR) is 99.5 cm³/mol. The summed E-state index contributed by atoms with van der Waals surface area (Å²) in [6.07, 6.45) is 2.77. The molecule has 1 aromatic heterocycles. The van der Waals surface area contributed by atoms with Gasteiger partial charge in [-0.2, -0.15) is 0 Å². The topological polar surface area (TPSA) is 44.9 Å². The van der Waals surface area contributed by atoms with Crippen LogP contribution in [-0.4, -0.2) is 17.4 Å². The number of benzene rings is 2. The molecule has 3 nitrogen and oxygen atoms in total. The lowest BCUT2D eigenvalue weighted by atomic mass is 9.87. The van der Waals surface area contributed by atoms with E-state index in [-0.39, 0.29) is 11.3 Å². The Labute approximate surface area is 143 Å². The predicted octanol–water partition coefficient (Wildman–Crippen LogP) is 4.44. The van der Waals surface area contributed by atoms with Crippen molar-refractivity contribution >= 4 is 16.8 Å². The van der Waals surface area contributed by atoms with Crippen molar-refractivity contribution < 1.29 is 4.79 Å². The molecule has 0 aliphatic heterocycles. The van der Waals surface area contributed by atoms with Crippen LogP contribution in [0.3, 0.4) is 0 Å². The molecule has 0 fully saturated rings. The van der Waals surface area contributed by atoms with Gasteiger partial charge in [0.2, 0.25) is 0 Å². The molecule has 0 atom stereocenters. The molecule has 2 N–H and O–H groups in total. The molecule has 3 heteroatoms. The zero-order chi connectivity index (χ0) is 17.2. The molecule has 3 aromatic rings. The van der Waals surface area contributed by atoms with Crippen molar-refractivity contribution in [3.05, 3.63) is 71.4 Å². The number of H-pyrrole nitrogens is 1. The first-order chi connectivity index (χ1) is 11.4. The zero-order valence-corrected chi connectivity index (χ0v) is 14.5. The first kappa shape index (κ1) is 16.3. The van der Waals surface area contributed by atoms with Gasteiger partial charge < -0.3 is 10.3 Å². The maximum absolute atomic E-state index is 12.3. The van der Waals surface area contributed by atoms with Crippen LogP contribution >= 0.6 is 0 Å². The van der Waals surface area contributed by atoms with Crippen molar-refractivity contribution in [2.24, 2.45) is 0 Å². The molecule has 0 saturated carbocycles. The summed E-state index contributed by atoms with van der Waals surface area (Å²) in [5.74, 6) is -0.0156.